The molecule has 1 aromatic heterocycles. The second kappa shape index (κ2) is 5.93. The van der Waals surface area contributed by atoms with Gasteiger partial charge in [0, 0.05) is 21.4 Å². The van der Waals surface area contributed by atoms with Crippen LogP contribution in [0.25, 0.3) is 21.6 Å². The molecule has 5 heteroatoms. The average Bonchev–Trinajstić information content (AvgIpc) is 2.94. The van der Waals surface area contributed by atoms with Gasteiger partial charge in [0.25, 0.3) is 0 Å². The number of halogens is 2. The Kier molecular flexibility index (Phi) is 3.85. The van der Waals surface area contributed by atoms with Crippen molar-refractivity contribution in [2.24, 2.45) is 0 Å². The Morgan fingerprint density at radius 2 is 1.80 bits per heavy atom. The van der Waals surface area contributed by atoms with Crippen LogP contribution < -0.4 is 4.74 Å². The molecule has 0 saturated carbocycles. The molecule has 0 bridgehead atoms. The van der Waals surface area contributed by atoms with E-state index in [-0.39, 0.29) is 11.7 Å². The quantitative estimate of drug-likeness (QED) is 0.651. The van der Waals surface area contributed by atoms with E-state index in [1.54, 1.807) is 0 Å². The van der Waals surface area contributed by atoms with Crippen molar-refractivity contribution in [2.45, 2.75) is 26.1 Å². The first-order chi connectivity index (χ1) is 12.0. The third-order valence-corrected chi connectivity index (χ3v) is 5.28. The molecule has 1 unspecified atom stereocenters. The summed E-state index contributed by atoms with van der Waals surface area (Å²) in [6.07, 6.45) is -1.14. The van der Waals surface area contributed by atoms with Crippen LogP contribution in [0.1, 0.15) is 31.1 Å². The van der Waals surface area contributed by atoms with Gasteiger partial charge in [0.15, 0.2) is 11.6 Å². The number of hydrogen-bond acceptors (Lipinski definition) is 3. The smallest absolute Gasteiger partial charge is 0.167 e. The molecule has 0 spiro atoms. The molecule has 1 N–H and O–H groups in total. The average molecular weight is 358 g/mol. The Hall–Kier alpha value is -2.24. The molecule has 0 aliphatic heterocycles. The van der Waals surface area contributed by atoms with E-state index in [9.17, 15) is 13.9 Å². The molecule has 1 aliphatic rings. The van der Waals surface area contributed by atoms with E-state index in [0.717, 1.165) is 16.5 Å². The van der Waals surface area contributed by atoms with Gasteiger partial charge in [-0.3, -0.25) is 0 Å². The van der Waals surface area contributed by atoms with Gasteiger partial charge in [0.05, 0.1) is 6.10 Å². The highest BCUT2D eigenvalue weighted by atomic mass is 32.1. The second-order valence-corrected chi connectivity index (χ2v) is 7.17. The van der Waals surface area contributed by atoms with Gasteiger partial charge >= 0.3 is 0 Å². The first kappa shape index (κ1) is 16.2. The predicted molar refractivity (Wildman–Crippen MR) is 94.9 cm³/mol. The van der Waals surface area contributed by atoms with E-state index < -0.39 is 17.7 Å². The Labute approximate surface area is 148 Å². The van der Waals surface area contributed by atoms with Crippen molar-refractivity contribution in [1.82, 2.24) is 0 Å². The zero-order valence-electron chi connectivity index (χ0n) is 13.7. The number of rotatable bonds is 2. The molecule has 1 aliphatic carbocycles. The largest absolute Gasteiger partial charge is 0.489 e. The van der Waals surface area contributed by atoms with Crippen molar-refractivity contribution < 1.29 is 18.6 Å². The van der Waals surface area contributed by atoms with E-state index >= 15 is 0 Å². The molecule has 2 nitrogen and oxygen atoms in total. The minimum absolute atomic E-state index is 0.0793. The van der Waals surface area contributed by atoms with Crippen LogP contribution in [0.3, 0.4) is 0 Å². The van der Waals surface area contributed by atoms with Gasteiger partial charge in [-0.15, -0.1) is 11.3 Å². The second-order valence-electron chi connectivity index (χ2n) is 6.29. The first-order valence-corrected chi connectivity index (χ1v) is 8.90. The van der Waals surface area contributed by atoms with Crippen molar-refractivity contribution in [3.63, 3.8) is 0 Å². The SMILES string of the molecule is CC(C)Oc1csc2c1-c1c(ccc(F)c1F)C(O)c1ccccc1-2. The van der Waals surface area contributed by atoms with Crippen molar-refractivity contribution >= 4 is 11.3 Å². The molecule has 0 radical (unpaired) electrons. The Balaban J connectivity index is 2.12. The van der Waals surface area contributed by atoms with Crippen molar-refractivity contribution in [3.8, 4) is 27.3 Å². The molecule has 4 rings (SSSR count). The third-order valence-electron chi connectivity index (χ3n) is 4.29. The van der Waals surface area contributed by atoms with Gasteiger partial charge in [-0.05, 0) is 36.6 Å². The van der Waals surface area contributed by atoms with Crippen LogP contribution in [0.2, 0.25) is 0 Å². The Bertz CT molecular complexity index is 962. The maximum absolute atomic E-state index is 14.8. The minimum atomic E-state index is -1.03. The number of hydrogen-bond donors (Lipinski definition) is 1. The molecule has 3 aromatic rings. The lowest BCUT2D eigenvalue weighted by Crippen LogP contribution is -2.07. The lowest BCUT2D eigenvalue weighted by Gasteiger charge is -2.16. The molecule has 1 heterocycles. The van der Waals surface area contributed by atoms with Crippen LogP contribution in [0.4, 0.5) is 8.78 Å². The monoisotopic (exact) mass is 358 g/mol. The summed E-state index contributed by atoms with van der Waals surface area (Å²) in [6, 6.07) is 9.88. The van der Waals surface area contributed by atoms with E-state index in [1.165, 1.54) is 17.4 Å². The fourth-order valence-electron chi connectivity index (χ4n) is 3.27. The van der Waals surface area contributed by atoms with Gasteiger partial charge in [-0.25, -0.2) is 8.78 Å². The number of benzene rings is 2. The summed E-state index contributed by atoms with van der Waals surface area (Å²) in [4.78, 5) is 0.772. The third kappa shape index (κ3) is 2.46. The van der Waals surface area contributed by atoms with Crippen LogP contribution in [-0.2, 0) is 0 Å². The molecule has 1 atom stereocenters. The normalized spacial score (nSPS) is 15.4. The van der Waals surface area contributed by atoms with Gasteiger partial charge in [0.2, 0.25) is 0 Å². The fourth-order valence-corrected chi connectivity index (χ4v) is 4.31. The topological polar surface area (TPSA) is 29.5 Å². The number of aliphatic hydroxyl groups is 1. The van der Waals surface area contributed by atoms with E-state index in [2.05, 4.69) is 0 Å². The molecular formula is C20H16F2O2S. The summed E-state index contributed by atoms with van der Waals surface area (Å²) in [7, 11) is 0. The number of fused-ring (bicyclic) bond motifs is 5. The summed E-state index contributed by atoms with van der Waals surface area (Å²) in [6.45, 7) is 3.76. The summed E-state index contributed by atoms with van der Waals surface area (Å²) in [5.74, 6) is -1.40. The summed E-state index contributed by atoms with van der Waals surface area (Å²) in [5, 5.41) is 12.7. The lowest BCUT2D eigenvalue weighted by atomic mass is 9.95. The number of thiophene rings is 1. The summed E-state index contributed by atoms with van der Waals surface area (Å²) >= 11 is 1.40. The standard InChI is InChI=1S/C20H16F2O2S/c1-10(2)24-15-9-25-20-12-6-4-3-5-11(12)19(23)13-7-8-14(21)18(22)16(13)17(15)20/h3-10,19,23H,1-2H3. The van der Waals surface area contributed by atoms with Crippen LogP contribution in [-0.4, -0.2) is 11.2 Å². The van der Waals surface area contributed by atoms with Crippen LogP contribution in [0.5, 0.6) is 5.75 Å². The predicted octanol–water partition coefficient (Wildman–Crippen LogP) is 5.54. The fraction of sp³-hybridized carbons (Fsp3) is 0.200. The molecule has 0 fully saturated rings. The maximum Gasteiger partial charge on any atom is 0.167 e. The van der Waals surface area contributed by atoms with Gasteiger partial charge in [-0.1, -0.05) is 30.3 Å². The molecular weight excluding hydrogens is 342 g/mol. The maximum atomic E-state index is 14.8. The highest BCUT2D eigenvalue weighted by molar-refractivity contribution is 7.14. The highest BCUT2D eigenvalue weighted by Crippen LogP contribution is 2.52. The summed E-state index contributed by atoms with van der Waals surface area (Å²) in [5.41, 5.74) is 2.42. The summed E-state index contributed by atoms with van der Waals surface area (Å²) < 4.78 is 34.6. The van der Waals surface area contributed by atoms with Gasteiger partial charge in [0.1, 0.15) is 11.9 Å². The lowest BCUT2D eigenvalue weighted by molar-refractivity contribution is 0.221. The zero-order valence-corrected chi connectivity index (χ0v) is 14.5. The molecule has 25 heavy (non-hydrogen) atoms. The van der Waals surface area contributed by atoms with E-state index in [0.29, 0.717) is 22.4 Å². The van der Waals surface area contributed by atoms with Crippen molar-refractivity contribution in [3.05, 3.63) is 64.5 Å². The Morgan fingerprint density at radius 1 is 1.04 bits per heavy atom. The number of aliphatic hydroxyl groups excluding tert-OH is 1. The van der Waals surface area contributed by atoms with Crippen molar-refractivity contribution in [1.29, 1.82) is 0 Å². The zero-order chi connectivity index (χ0) is 17.7. The molecule has 0 saturated heterocycles. The molecule has 128 valence electrons. The van der Waals surface area contributed by atoms with Crippen LogP contribution in [0, 0.1) is 11.6 Å². The van der Waals surface area contributed by atoms with Crippen LogP contribution in [0.15, 0.2) is 41.8 Å². The van der Waals surface area contributed by atoms with Gasteiger partial charge in [-0.2, -0.15) is 0 Å². The van der Waals surface area contributed by atoms with E-state index in [1.807, 2.05) is 43.5 Å². The number of ether oxygens (including phenoxy) is 1. The first-order valence-electron chi connectivity index (χ1n) is 8.02. The molecule has 2 aromatic carbocycles. The minimum Gasteiger partial charge on any atom is -0.489 e. The van der Waals surface area contributed by atoms with Crippen LogP contribution >= 0.6 is 11.3 Å². The Morgan fingerprint density at radius 3 is 2.56 bits per heavy atom. The highest BCUT2D eigenvalue weighted by Gasteiger charge is 2.32. The van der Waals surface area contributed by atoms with Crippen molar-refractivity contribution in [2.75, 3.05) is 0 Å². The van der Waals surface area contributed by atoms with E-state index in [4.69, 9.17) is 4.74 Å². The van der Waals surface area contributed by atoms with Gasteiger partial charge < -0.3 is 9.84 Å². The molecule has 0 amide bonds.